The summed E-state index contributed by atoms with van der Waals surface area (Å²) in [6.45, 7) is 3.65. The lowest BCUT2D eigenvalue weighted by atomic mass is 10.2. The molecule has 0 spiro atoms. The molecule has 1 atom stereocenters. The zero-order chi connectivity index (χ0) is 16.3. The largest absolute Gasteiger partial charge is 0.744 e. The molecule has 0 heterocycles. The van der Waals surface area contributed by atoms with Crippen molar-refractivity contribution in [3.05, 3.63) is 54.6 Å². The Bertz CT molecular complexity index is 824. The summed E-state index contributed by atoms with van der Waals surface area (Å²) in [4.78, 5) is 0.463. The maximum absolute atomic E-state index is 12.6. The molecule has 0 radical (unpaired) electrons. The van der Waals surface area contributed by atoms with Gasteiger partial charge in [0, 0.05) is 4.90 Å². The molecule has 0 bridgehead atoms. The van der Waals surface area contributed by atoms with Crippen molar-refractivity contribution in [2.24, 2.45) is 0 Å². The van der Waals surface area contributed by atoms with Gasteiger partial charge in [0.2, 0.25) is 0 Å². The molecule has 116 valence electrons. The third-order valence-corrected chi connectivity index (χ3v) is 5.24. The van der Waals surface area contributed by atoms with E-state index in [1.807, 2.05) is 0 Å². The van der Waals surface area contributed by atoms with Gasteiger partial charge in [-0.05, 0) is 42.0 Å². The lowest BCUT2D eigenvalue weighted by Crippen LogP contribution is -2.00. The first kappa shape index (κ1) is 16.4. The highest BCUT2D eigenvalue weighted by atomic mass is 32.2. The SMILES string of the molecule is C=Cc1ccc(S(=O)c2ccc(S(=O)(=O)[O-])cc2)c(OC)c1. The van der Waals surface area contributed by atoms with Crippen LogP contribution in [-0.4, -0.2) is 24.3 Å². The highest BCUT2D eigenvalue weighted by Gasteiger charge is 2.14. The number of benzene rings is 2. The van der Waals surface area contributed by atoms with Gasteiger partial charge in [-0.15, -0.1) is 0 Å². The van der Waals surface area contributed by atoms with Gasteiger partial charge in [-0.3, -0.25) is 0 Å². The molecule has 2 aromatic carbocycles. The molecule has 0 aliphatic carbocycles. The molecule has 0 aliphatic heterocycles. The van der Waals surface area contributed by atoms with Crippen molar-refractivity contribution in [1.82, 2.24) is 0 Å². The summed E-state index contributed by atoms with van der Waals surface area (Å²) in [5, 5.41) is 0. The molecule has 0 saturated carbocycles. The summed E-state index contributed by atoms with van der Waals surface area (Å²) in [6.07, 6.45) is 1.64. The Hall–Kier alpha value is -1.96. The molecule has 0 aromatic heterocycles. The second-order valence-corrected chi connectivity index (χ2v) is 7.14. The van der Waals surface area contributed by atoms with Crippen molar-refractivity contribution in [2.45, 2.75) is 14.7 Å². The van der Waals surface area contributed by atoms with Gasteiger partial charge in [-0.2, -0.15) is 0 Å². The van der Waals surface area contributed by atoms with E-state index in [2.05, 4.69) is 6.58 Å². The molecule has 5 nitrogen and oxygen atoms in total. The van der Waals surface area contributed by atoms with Gasteiger partial charge in [0.1, 0.15) is 15.9 Å². The van der Waals surface area contributed by atoms with Crippen LogP contribution >= 0.6 is 0 Å². The molecule has 1 unspecified atom stereocenters. The monoisotopic (exact) mass is 337 g/mol. The molecule has 22 heavy (non-hydrogen) atoms. The van der Waals surface area contributed by atoms with Crippen LogP contribution in [0.3, 0.4) is 0 Å². The Labute approximate surface area is 131 Å². The van der Waals surface area contributed by atoms with E-state index in [0.29, 0.717) is 15.5 Å². The van der Waals surface area contributed by atoms with Crippen LogP contribution in [0, 0.1) is 0 Å². The van der Waals surface area contributed by atoms with Crippen molar-refractivity contribution < 1.29 is 21.9 Å². The third-order valence-electron chi connectivity index (χ3n) is 2.95. The minimum atomic E-state index is -4.52. The predicted molar refractivity (Wildman–Crippen MR) is 82.2 cm³/mol. The summed E-state index contributed by atoms with van der Waals surface area (Å²) in [7, 11) is -4.61. The molecule has 0 aliphatic rings. The standard InChI is InChI=1S/C15H14O5S2/c1-3-11-4-9-15(14(10-11)20-2)21(16)12-5-7-13(8-6-12)22(17,18)19/h3-10H,1H2,2H3,(H,17,18,19)/p-1. The van der Waals surface area contributed by atoms with Gasteiger partial charge >= 0.3 is 0 Å². The highest BCUT2D eigenvalue weighted by molar-refractivity contribution is 7.86. The van der Waals surface area contributed by atoms with Crippen molar-refractivity contribution in [3.63, 3.8) is 0 Å². The normalized spacial score (nSPS) is 12.6. The number of methoxy groups -OCH3 is 1. The average Bonchev–Trinajstić information content (AvgIpc) is 2.52. The maximum atomic E-state index is 12.6. The average molecular weight is 337 g/mol. The van der Waals surface area contributed by atoms with E-state index in [-0.39, 0.29) is 4.90 Å². The van der Waals surface area contributed by atoms with E-state index in [1.165, 1.54) is 19.2 Å². The van der Waals surface area contributed by atoms with Gasteiger partial charge in [-0.1, -0.05) is 18.7 Å². The fraction of sp³-hybridized carbons (Fsp3) is 0.0667. The molecule has 0 amide bonds. The lowest BCUT2D eigenvalue weighted by molar-refractivity contribution is 0.404. The lowest BCUT2D eigenvalue weighted by Gasteiger charge is -2.11. The summed E-state index contributed by atoms with van der Waals surface area (Å²) in [5.74, 6) is 0.441. The molecule has 0 N–H and O–H groups in total. The predicted octanol–water partition coefficient (Wildman–Crippen LogP) is 2.41. The summed E-state index contributed by atoms with van der Waals surface area (Å²) >= 11 is 0. The van der Waals surface area contributed by atoms with Gasteiger partial charge in [0.05, 0.1) is 27.7 Å². The van der Waals surface area contributed by atoms with E-state index in [0.717, 1.165) is 17.7 Å². The molecule has 7 heteroatoms. The second-order valence-electron chi connectivity index (χ2n) is 4.31. The minimum absolute atomic E-state index is 0.359. The van der Waals surface area contributed by atoms with Crippen LogP contribution in [0.1, 0.15) is 5.56 Å². The molecule has 2 aromatic rings. The van der Waals surface area contributed by atoms with Gasteiger partial charge in [0.15, 0.2) is 0 Å². The minimum Gasteiger partial charge on any atom is -0.744 e. The topological polar surface area (TPSA) is 83.5 Å². The van der Waals surface area contributed by atoms with Crippen LogP contribution in [0.25, 0.3) is 6.08 Å². The van der Waals surface area contributed by atoms with Crippen molar-refractivity contribution >= 4 is 27.0 Å². The fourth-order valence-electron chi connectivity index (χ4n) is 1.82. The first-order valence-electron chi connectivity index (χ1n) is 6.15. The first-order chi connectivity index (χ1) is 10.4. The van der Waals surface area contributed by atoms with Gasteiger partial charge in [0.25, 0.3) is 0 Å². The first-order valence-corrected chi connectivity index (χ1v) is 8.71. The smallest absolute Gasteiger partial charge is 0.135 e. The number of hydrogen-bond acceptors (Lipinski definition) is 5. The highest BCUT2D eigenvalue weighted by Crippen LogP contribution is 2.28. The fourth-order valence-corrected chi connectivity index (χ4v) is 3.44. The zero-order valence-corrected chi connectivity index (χ0v) is 13.3. The number of rotatable bonds is 5. The maximum Gasteiger partial charge on any atom is 0.135 e. The van der Waals surface area contributed by atoms with E-state index in [4.69, 9.17) is 4.74 Å². The molecular weight excluding hydrogens is 324 g/mol. The van der Waals surface area contributed by atoms with Crippen LogP contribution in [0.5, 0.6) is 5.75 Å². The van der Waals surface area contributed by atoms with Crippen molar-refractivity contribution in [3.8, 4) is 5.75 Å². The van der Waals surface area contributed by atoms with Crippen LogP contribution in [0.4, 0.5) is 0 Å². The quantitative estimate of drug-likeness (QED) is 0.782. The Morgan fingerprint density at radius 2 is 1.82 bits per heavy atom. The Kier molecular flexibility index (Phi) is 4.80. The number of hydrogen-bond donors (Lipinski definition) is 0. The van der Waals surface area contributed by atoms with E-state index >= 15 is 0 Å². The van der Waals surface area contributed by atoms with E-state index < -0.39 is 20.9 Å². The Balaban J connectivity index is 2.42. The molecule has 2 rings (SSSR count). The molecular formula is C15H13O5S2-. The molecule has 0 fully saturated rings. The van der Waals surface area contributed by atoms with E-state index in [9.17, 15) is 17.2 Å². The second kappa shape index (κ2) is 6.43. The summed E-state index contributed by atoms with van der Waals surface area (Å²) in [6, 6.07) is 10.1. The van der Waals surface area contributed by atoms with Crippen molar-refractivity contribution in [2.75, 3.05) is 7.11 Å². The van der Waals surface area contributed by atoms with Crippen LogP contribution < -0.4 is 4.74 Å². The van der Waals surface area contributed by atoms with Gasteiger partial charge < -0.3 is 9.29 Å². The summed E-state index contributed by atoms with van der Waals surface area (Å²) in [5.41, 5.74) is 0.824. The zero-order valence-electron chi connectivity index (χ0n) is 11.7. The van der Waals surface area contributed by atoms with Crippen LogP contribution in [0.15, 0.2) is 63.7 Å². The Morgan fingerprint density at radius 3 is 2.32 bits per heavy atom. The van der Waals surface area contributed by atoms with E-state index in [1.54, 1.807) is 24.3 Å². The van der Waals surface area contributed by atoms with Gasteiger partial charge in [-0.25, -0.2) is 12.6 Å². The van der Waals surface area contributed by atoms with Crippen LogP contribution in [-0.2, 0) is 20.9 Å². The van der Waals surface area contributed by atoms with Crippen molar-refractivity contribution in [1.29, 1.82) is 0 Å². The van der Waals surface area contributed by atoms with Crippen LogP contribution in [0.2, 0.25) is 0 Å². The molecule has 0 saturated heterocycles. The number of ether oxygens (including phenoxy) is 1. The third kappa shape index (κ3) is 3.44. The Morgan fingerprint density at radius 1 is 1.18 bits per heavy atom. The summed E-state index contributed by atoms with van der Waals surface area (Å²) < 4.78 is 50.5.